The van der Waals surface area contributed by atoms with Crippen LogP contribution < -0.4 is 5.73 Å². The molecule has 17 heavy (non-hydrogen) atoms. The number of hydrogen-bond acceptors (Lipinski definition) is 4. The second-order valence-electron chi connectivity index (χ2n) is 4.22. The summed E-state index contributed by atoms with van der Waals surface area (Å²) in [4.78, 5) is 4.16. The van der Waals surface area contributed by atoms with Gasteiger partial charge in [-0.2, -0.15) is 5.10 Å². The first-order chi connectivity index (χ1) is 8.06. The Morgan fingerprint density at radius 3 is 2.59 bits per heavy atom. The number of aromatic nitrogens is 3. The van der Waals surface area contributed by atoms with Crippen LogP contribution in [0.5, 0.6) is 0 Å². The Kier molecular flexibility index (Phi) is 3.28. The molecular weight excluding hydrogens is 232 g/mol. The molecule has 2 rings (SSSR count). The molecule has 0 atom stereocenters. The lowest BCUT2D eigenvalue weighted by atomic mass is 10.1. The fraction of sp³-hybridized carbons (Fsp3) is 0.333. The zero-order valence-corrected chi connectivity index (χ0v) is 11.0. The smallest absolute Gasteiger partial charge is 0.180 e. The number of nitrogens with two attached hydrogens (primary N) is 1. The fourth-order valence-corrected chi connectivity index (χ4v) is 2.21. The number of nitrogens with zero attached hydrogens (tertiary/aromatic N) is 3. The lowest BCUT2D eigenvalue weighted by molar-refractivity contribution is 0.668. The van der Waals surface area contributed by atoms with Gasteiger partial charge in [0.1, 0.15) is 0 Å². The summed E-state index contributed by atoms with van der Waals surface area (Å²) < 4.78 is 1.92. The van der Waals surface area contributed by atoms with Gasteiger partial charge in [-0.15, -0.1) is 11.3 Å². The van der Waals surface area contributed by atoms with Gasteiger partial charge in [-0.3, -0.25) is 4.68 Å². The molecule has 0 unspecified atom stereocenters. The van der Waals surface area contributed by atoms with Crippen LogP contribution in [0.1, 0.15) is 36.8 Å². The highest BCUT2D eigenvalue weighted by Gasteiger charge is 2.06. The highest BCUT2D eigenvalue weighted by molar-refractivity contribution is 7.13. The quantitative estimate of drug-likeness (QED) is 0.908. The van der Waals surface area contributed by atoms with E-state index >= 15 is 0 Å². The van der Waals surface area contributed by atoms with E-state index < -0.39 is 0 Å². The van der Waals surface area contributed by atoms with Crippen LogP contribution in [0.15, 0.2) is 11.4 Å². The van der Waals surface area contributed by atoms with Crippen molar-refractivity contribution in [1.29, 1.82) is 0 Å². The zero-order chi connectivity index (χ0) is 12.4. The summed E-state index contributed by atoms with van der Waals surface area (Å²) in [5.41, 5.74) is 8.62. The van der Waals surface area contributed by atoms with Crippen LogP contribution in [0.2, 0.25) is 0 Å². The molecule has 2 heterocycles. The van der Waals surface area contributed by atoms with Gasteiger partial charge in [0.25, 0.3) is 0 Å². The van der Waals surface area contributed by atoms with Crippen LogP contribution in [0.25, 0.3) is 12.2 Å². The zero-order valence-electron chi connectivity index (χ0n) is 10.2. The molecule has 5 heteroatoms. The maximum absolute atomic E-state index is 5.57. The van der Waals surface area contributed by atoms with E-state index in [1.807, 2.05) is 29.3 Å². The topological polar surface area (TPSA) is 56.7 Å². The van der Waals surface area contributed by atoms with Gasteiger partial charge in [0.05, 0.1) is 11.4 Å². The molecule has 0 aliphatic carbocycles. The highest BCUT2D eigenvalue weighted by atomic mass is 32.1. The van der Waals surface area contributed by atoms with Gasteiger partial charge in [-0.1, -0.05) is 13.8 Å². The SMILES string of the molecule is CC(C)c1cc(C=Cc2csc(N)n2)nn1C. The van der Waals surface area contributed by atoms with E-state index in [1.54, 1.807) is 0 Å². The van der Waals surface area contributed by atoms with Gasteiger partial charge in [0, 0.05) is 18.1 Å². The highest BCUT2D eigenvalue weighted by Crippen LogP contribution is 2.17. The third-order valence-electron chi connectivity index (χ3n) is 2.49. The predicted molar refractivity (Wildman–Crippen MR) is 72.8 cm³/mol. The molecule has 0 radical (unpaired) electrons. The van der Waals surface area contributed by atoms with E-state index in [1.165, 1.54) is 17.0 Å². The van der Waals surface area contributed by atoms with Gasteiger partial charge in [0.2, 0.25) is 0 Å². The molecule has 0 saturated heterocycles. The van der Waals surface area contributed by atoms with Crippen LogP contribution in [-0.2, 0) is 7.05 Å². The van der Waals surface area contributed by atoms with E-state index in [0.29, 0.717) is 11.0 Å². The maximum Gasteiger partial charge on any atom is 0.180 e. The third-order valence-corrected chi connectivity index (χ3v) is 3.18. The average molecular weight is 248 g/mol. The van der Waals surface area contributed by atoms with Gasteiger partial charge >= 0.3 is 0 Å². The number of anilines is 1. The summed E-state index contributed by atoms with van der Waals surface area (Å²) in [5.74, 6) is 0.476. The maximum atomic E-state index is 5.57. The van der Waals surface area contributed by atoms with Crippen molar-refractivity contribution in [3.63, 3.8) is 0 Å². The Morgan fingerprint density at radius 1 is 1.35 bits per heavy atom. The van der Waals surface area contributed by atoms with Gasteiger partial charge < -0.3 is 5.73 Å². The molecule has 2 aromatic rings. The summed E-state index contributed by atoms with van der Waals surface area (Å²) in [5, 5.41) is 6.95. The molecule has 0 aliphatic heterocycles. The monoisotopic (exact) mass is 248 g/mol. The summed E-state index contributed by atoms with van der Waals surface area (Å²) in [6.45, 7) is 4.32. The van der Waals surface area contributed by atoms with Crippen LogP contribution in [0, 0.1) is 0 Å². The van der Waals surface area contributed by atoms with Crippen molar-refractivity contribution in [2.45, 2.75) is 19.8 Å². The number of rotatable bonds is 3. The lowest BCUT2D eigenvalue weighted by Gasteiger charge is -2.02. The Hall–Kier alpha value is -1.62. The molecule has 0 bridgehead atoms. The molecule has 0 amide bonds. The van der Waals surface area contributed by atoms with Crippen LogP contribution in [0.3, 0.4) is 0 Å². The van der Waals surface area contributed by atoms with Crippen LogP contribution in [0.4, 0.5) is 5.13 Å². The van der Waals surface area contributed by atoms with E-state index in [4.69, 9.17) is 5.73 Å². The summed E-state index contributed by atoms with van der Waals surface area (Å²) in [6.07, 6.45) is 3.89. The van der Waals surface area contributed by atoms with Crippen molar-refractivity contribution >= 4 is 28.6 Å². The minimum atomic E-state index is 0.476. The molecule has 90 valence electrons. The molecule has 2 N–H and O–H groups in total. The number of nitrogen functional groups attached to an aromatic ring is 1. The minimum Gasteiger partial charge on any atom is -0.375 e. The van der Waals surface area contributed by atoms with Crippen molar-refractivity contribution in [1.82, 2.24) is 14.8 Å². The lowest BCUT2D eigenvalue weighted by Crippen LogP contribution is -1.99. The van der Waals surface area contributed by atoms with Gasteiger partial charge in [-0.25, -0.2) is 4.98 Å². The second kappa shape index (κ2) is 4.71. The summed E-state index contributed by atoms with van der Waals surface area (Å²) in [6, 6.07) is 2.09. The molecule has 2 aromatic heterocycles. The van der Waals surface area contributed by atoms with Crippen LogP contribution in [-0.4, -0.2) is 14.8 Å². The summed E-state index contributed by atoms with van der Waals surface area (Å²) >= 11 is 1.44. The Balaban J connectivity index is 2.19. The Labute approximate surface area is 105 Å². The van der Waals surface area contributed by atoms with Crippen molar-refractivity contribution in [2.75, 3.05) is 5.73 Å². The van der Waals surface area contributed by atoms with Crippen molar-refractivity contribution in [3.8, 4) is 0 Å². The van der Waals surface area contributed by atoms with E-state index in [2.05, 4.69) is 30.0 Å². The average Bonchev–Trinajstić information content (AvgIpc) is 2.82. The molecule has 0 fully saturated rings. The normalized spacial score (nSPS) is 11.8. The second-order valence-corrected chi connectivity index (χ2v) is 5.11. The van der Waals surface area contributed by atoms with Crippen molar-refractivity contribution in [3.05, 3.63) is 28.5 Å². The van der Waals surface area contributed by atoms with Crippen molar-refractivity contribution < 1.29 is 0 Å². The number of aryl methyl sites for hydroxylation is 1. The van der Waals surface area contributed by atoms with E-state index in [9.17, 15) is 0 Å². The third kappa shape index (κ3) is 2.74. The predicted octanol–water partition coefficient (Wildman–Crippen LogP) is 2.75. The van der Waals surface area contributed by atoms with Crippen LogP contribution >= 0.6 is 11.3 Å². The van der Waals surface area contributed by atoms with Crippen molar-refractivity contribution in [2.24, 2.45) is 7.05 Å². The Morgan fingerprint density at radius 2 is 2.06 bits per heavy atom. The number of hydrogen-bond donors (Lipinski definition) is 1. The van der Waals surface area contributed by atoms with E-state index in [0.717, 1.165) is 11.4 Å². The molecule has 0 aliphatic rings. The first-order valence-corrected chi connectivity index (χ1v) is 6.37. The van der Waals surface area contributed by atoms with Gasteiger partial charge in [-0.05, 0) is 24.1 Å². The standard InChI is InChI=1S/C12H16N4S/c1-8(2)11-6-9(15-16(11)3)4-5-10-7-17-12(13)14-10/h4-8H,1-3H3,(H2,13,14). The van der Waals surface area contributed by atoms with Gasteiger partial charge in [0.15, 0.2) is 5.13 Å². The molecule has 0 saturated carbocycles. The van der Waals surface area contributed by atoms with E-state index in [-0.39, 0.29) is 0 Å². The largest absolute Gasteiger partial charge is 0.375 e. The summed E-state index contributed by atoms with van der Waals surface area (Å²) in [7, 11) is 1.97. The first-order valence-electron chi connectivity index (χ1n) is 5.49. The molecule has 0 aromatic carbocycles. The molecule has 4 nitrogen and oxygen atoms in total. The number of thiazole rings is 1. The molecule has 0 spiro atoms. The Bertz CT molecular complexity index is 536. The fourth-order valence-electron chi connectivity index (χ4n) is 1.67. The first kappa shape index (κ1) is 11.9. The minimum absolute atomic E-state index is 0.476. The molecular formula is C12H16N4S.